The second kappa shape index (κ2) is 6.18. The topological polar surface area (TPSA) is 62.7 Å². The second-order valence-corrected chi connectivity index (χ2v) is 5.04. The molecular weight excluding hydrogens is 264 g/mol. The predicted molar refractivity (Wildman–Crippen MR) is 68.4 cm³/mol. The number of anilines is 1. The normalized spacial score (nSPS) is 10.9. The van der Waals surface area contributed by atoms with Crippen molar-refractivity contribution in [2.45, 2.75) is 19.9 Å². The minimum Gasteiger partial charge on any atom is -0.477 e. The average molecular weight is 279 g/mol. The zero-order valence-electron chi connectivity index (χ0n) is 9.94. The molecule has 1 rings (SSSR count). The van der Waals surface area contributed by atoms with Crippen molar-refractivity contribution in [1.29, 1.82) is 0 Å². The van der Waals surface area contributed by atoms with Gasteiger partial charge < -0.3 is 14.7 Å². The zero-order chi connectivity index (χ0) is 13.0. The largest absolute Gasteiger partial charge is 0.477 e. The van der Waals surface area contributed by atoms with Crippen molar-refractivity contribution in [1.82, 2.24) is 4.98 Å². The summed E-state index contributed by atoms with van der Waals surface area (Å²) in [7, 11) is 1.62. The SMILES string of the molecule is COCCN(c1nc(Cl)c(C(=O)O)s1)C(C)C. The van der Waals surface area contributed by atoms with Gasteiger partial charge in [0.25, 0.3) is 0 Å². The molecule has 1 aromatic rings. The van der Waals surface area contributed by atoms with Crippen LogP contribution in [0.25, 0.3) is 0 Å². The quantitative estimate of drug-likeness (QED) is 0.865. The molecular formula is C10H15ClN2O3S. The van der Waals surface area contributed by atoms with E-state index in [1.807, 2.05) is 18.7 Å². The van der Waals surface area contributed by atoms with Gasteiger partial charge in [0, 0.05) is 19.7 Å². The Hall–Kier alpha value is -0.850. The fraction of sp³-hybridized carbons (Fsp3) is 0.600. The van der Waals surface area contributed by atoms with Gasteiger partial charge in [0.05, 0.1) is 6.61 Å². The van der Waals surface area contributed by atoms with E-state index in [1.165, 1.54) is 0 Å². The van der Waals surface area contributed by atoms with E-state index in [0.717, 1.165) is 11.3 Å². The number of carboxylic acid groups (broad SMARTS) is 1. The molecule has 0 saturated heterocycles. The first-order chi connectivity index (χ1) is 7.97. The maximum atomic E-state index is 10.9. The number of thiazole rings is 1. The number of halogens is 1. The van der Waals surface area contributed by atoms with Crippen LogP contribution in [-0.2, 0) is 4.74 Å². The fourth-order valence-electron chi connectivity index (χ4n) is 1.31. The maximum absolute atomic E-state index is 10.9. The molecule has 0 amide bonds. The van der Waals surface area contributed by atoms with Gasteiger partial charge in [-0.05, 0) is 13.8 Å². The third-order valence-corrected chi connectivity index (χ3v) is 3.64. The summed E-state index contributed by atoms with van der Waals surface area (Å²) in [4.78, 5) is 17.0. The second-order valence-electron chi connectivity index (χ2n) is 3.70. The first kappa shape index (κ1) is 14.2. The predicted octanol–water partition coefficient (Wildman–Crippen LogP) is 2.36. The molecule has 1 aromatic heterocycles. The van der Waals surface area contributed by atoms with Gasteiger partial charge in [-0.1, -0.05) is 22.9 Å². The summed E-state index contributed by atoms with van der Waals surface area (Å²) in [5.74, 6) is -1.05. The number of carbonyl (C=O) groups is 1. The number of methoxy groups -OCH3 is 1. The Labute approximate surface area is 109 Å². The molecule has 0 aromatic carbocycles. The third kappa shape index (κ3) is 3.55. The molecule has 0 aliphatic heterocycles. The Morgan fingerprint density at radius 1 is 1.65 bits per heavy atom. The number of carboxylic acids is 1. The van der Waals surface area contributed by atoms with Crippen molar-refractivity contribution in [3.05, 3.63) is 10.0 Å². The molecule has 96 valence electrons. The van der Waals surface area contributed by atoms with Gasteiger partial charge in [0.1, 0.15) is 0 Å². The van der Waals surface area contributed by atoms with Crippen LogP contribution >= 0.6 is 22.9 Å². The van der Waals surface area contributed by atoms with Crippen molar-refractivity contribution >= 4 is 34.0 Å². The van der Waals surface area contributed by atoms with Gasteiger partial charge in [-0.2, -0.15) is 0 Å². The van der Waals surface area contributed by atoms with E-state index in [2.05, 4.69) is 4.98 Å². The molecule has 0 bridgehead atoms. The summed E-state index contributed by atoms with van der Waals surface area (Å²) in [5, 5.41) is 9.57. The van der Waals surface area contributed by atoms with Crippen molar-refractivity contribution in [3.63, 3.8) is 0 Å². The number of rotatable bonds is 6. The van der Waals surface area contributed by atoms with E-state index in [-0.39, 0.29) is 16.1 Å². The Kier molecular flexibility index (Phi) is 5.17. The lowest BCUT2D eigenvalue weighted by molar-refractivity contribution is 0.0702. The molecule has 0 saturated carbocycles. The van der Waals surface area contributed by atoms with Crippen molar-refractivity contribution < 1.29 is 14.6 Å². The Morgan fingerprint density at radius 2 is 2.29 bits per heavy atom. The van der Waals surface area contributed by atoms with E-state index in [0.29, 0.717) is 18.3 Å². The molecule has 0 fully saturated rings. The lowest BCUT2D eigenvalue weighted by atomic mass is 10.3. The van der Waals surface area contributed by atoms with Crippen LogP contribution in [0.2, 0.25) is 5.15 Å². The van der Waals surface area contributed by atoms with Gasteiger partial charge in [-0.25, -0.2) is 9.78 Å². The standard InChI is InChI=1S/C10H15ClN2O3S/c1-6(2)13(4-5-16-3)10-12-8(11)7(17-10)9(14)15/h6H,4-5H2,1-3H3,(H,14,15). The Morgan fingerprint density at radius 3 is 2.71 bits per heavy atom. The van der Waals surface area contributed by atoms with Gasteiger partial charge in [-0.3, -0.25) is 0 Å². The number of aromatic carboxylic acids is 1. The lowest BCUT2D eigenvalue weighted by Crippen LogP contribution is -2.33. The van der Waals surface area contributed by atoms with Crippen LogP contribution in [-0.4, -0.2) is 42.4 Å². The van der Waals surface area contributed by atoms with Crippen LogP contribution in [0.5, 0.6) is 0 Å². The van der Waals surface area contributed by atoms with Crippen molar-refractivity contribution in [2.24, 2.45) is 0 Å². The highest BCUT2D eigenvalue weighted by Gasteiger charge is 2.20. The summed E-state index contributed by atoms with van der Waals surface area (Å²) in [5.41, 5.74) is 0. The molecule has 0 aliphatic rings. The zero-order valence-corrected chi connectivity index (χ0v) is 11.5. The highest BCUT2D eigenvalue weighted by Crippen LogP contribution is 2.30. The van der Waals surface area contributed by atoms with Crippen LogP contribution < -0.4 is 4.90 Å². The summed E-state index contributed by atoms with van der Waals surface area (Å²) in [6.07, 6.45) is 0. The molecule has 7 heteroatoms. The summed E-state index contributed by atoms with van der Waals surface area (Å²) < 4.78 is 5.01. The molecule has 0 aliphatic carbocycles. The molecule has 1 N–H and O–H groups in total. The number of aromatic nitrogens is 1. The Balaban J connectivity index is 2.94. The summed E-state index contributed by atoms with van der Waals surface area (Å²) >= 11 is 6.87. The average Bonchev–Trinajstić information content (AvgIpc) is 2.60. The summed E-state index contributed by atoms with van der Waals surface area (Å²) in [6.45, 7) is 5.21. The molecule has 5 nitrogen and oxygen atoms in total. The van der Waals surface area contributed by atoms with Crippen LogP contribution in [0.3, 0.4) is 0 Å². The highest BCUT2D eigenvalue weighted by atomic mass is 35.5. The van der Waals surface area contributed by atoms with E-state index in [1.54, 1.807) is 7.11 Å². The number of hydrogen-bond donors (Lipinski definition) is 1. The van der Waals surface area contributed by atoms with Crippen LogP contribution in [0.1, 0.15) is 23.5 Å². The van der Waals surface area contributed by atoms with E-state index in [4.69, 9.17) is 21.4 Å². The Bertz CT molecular complexity index is 395. The van der Waals surface area contributed by atoms with Crippen molar-refractivity contribution in [2.75, 3.05) is 25.2 Å². The van der Waals surface area contributed by atoms with Gasteiger partial charge in [-0.15, -0.1) is 0 Å². The molecule has 1 heterocycles. The van der Waals surface area contributed by atoms with Crippen LogP contribution in [0.15, 0.2) is 0 Å². The van der Waals surface area contributed by atoms with Crippen LogP contribution in [0.4, 0.5) is 5.13 Å². The number of nitrogens with zero attached hydrogens (tertiary/aromatic N) is 2. The molecule has 0 radical (unpaired) electrons. The lowest BCUT2D eigenvalue weighted by Gasteiger charge is -2.25. The van der Waals surface area contributed by atoms with Crippen LogP contribution in [0, 0.1) is 0 Å². The van der Waals surface area contributed by atoms with E-state index in [9.17, 15) is 4.79 Å². The van der Waals surface area contributed by atoms with Gasteiger partial charge in [0.2, 0.25) is 0 Å². The molecule has 17 heavy (non-hydrogen) atoms. The molecule has 0 atom stereocenters. The van der Waals surface area contributed by atoms with Crippen molar-refractivity contribution in [3.8, 4) is 0 Å². The fourth-order valence-corrected chi connectivity index (χ4v) is 2.59. The smallest absolute Gasteiger partial charge is 0.349 e. The summed E-state index contributed by atoms with van der Waals surface area (Å²) in [6, 6.07) is 0.203. The van der Waals surface area contributed by atoms with Gasteiger partial charge >= 0.3 is 5.97 Å². The third-order valence-electron chi connectivity index (χ3n) is 2.17. The highest BCUT2D eigenvalue weighted by molar-refractivity contribution is 7.18. The first-order valence-electron chi connectivity index (χ1n) is 5.12. The monoisotopic (exact) mass is 278 g/mol. The number of hydrogen-bond acceptors (Lipinski definition) is 5. The molecule has 0 unspecified atom stereocenters. The first-order valence-corrected chi connectivity index (χ1v) is 6.32. The molecule has 0 spiro atoms. The van der Waals surface area contributed by atoms with E-state index >= 15 is 0 Å². The van der Waals surface area contributed by atoms with Gasteiger partial charge in [0.15, 0.2) is 15.2 Å². The minimum atomic E-state index is -1.05. The van der Waals surface area contributed by atoms with E-state index < -0.39 is 5.97 Å². The maximum Gasteiger partial charge on any atom is 0.349 e. The minimum absolute atomic E-state index is 0.0422. The number of ether oxygens (including phenoxy) is 1.